The maximum Gasteiger partial charge on any atom is 0.150 e. The highest BCUT2D eigenvalue weighted by molar-refractivity contribution is 5.12. The summed E-state index contributed by atoms with van der Waals surface area (Å²) >= 11 is 0. The van der Waals surface area contributed by atoms with E-state index < -0.39 is 0 Å². The third-order valence-corrected chi connectivity index (χ3v) is 6.34. The van der Waals surface area contributed by atoms with Gasteiger partial charge in [0.05, 0.1) is 0 Å². The minimum Gasteiger partial charge on any atom is -0.263 e. The minimum absolute atomic E-state index is 0.506. The lowest BCUT2D eigenvalue weighted by Gasteiger charge is -2.65. The lowest BCUT2D eigenvalue weighted by Crippen LogP contribution is -2.55. The average molecular weight is 287 g/mol. The summed E-state index contributed by atoms with van der Waals surface area (Å²) in [6, 6.07) is 0. The Morgan fingerprint density at radius 3 is 2.43 bits per heavy atom. The molecule has 0 aliphatic heterocycles. The molecule has 4 saturated carbocycles. The summed E-state index contributed by atoms with van der Waals surface area (Å²) in [5.74, 6) is 3.12. The summed E-state index contributed by atoms with van der Waals surface area (Å²) in [6.45, 7) is 7.29. The molecule has 1 N–H and O–H groups in total. The molecule has 2 unspecified atom stereocenters. The second-order valence-corrected chi connectivity index (χ2v) is 9.26. The van der Waals surface area contributed by atoms with Crippen LogP contribution in [0.2, 0.25) is 0 Å². The zero-order valence-electron chi connectivity index (χ0n) is 13.8. The SMILES string of the molecule is CCCc1n[nH]c(CC23CC4CC(C)(CC(C)(C4)C2)C3)n1. The number of hydrogen-bond acceptors (Lipinski definition) is 2. The highest BCUT2D eigenvalue weighted by Gasteiger charge is 2.59. The number of aromatic nitrogens is 3. The van der Waals surface area contributed by atoms with Gasteiger partial charge in [-0.2, -0.15) is 5.10 Å². The Bertz CT molecular complexity index is 528. The molecule has 4 aliphatic carbocycles. The number of aryl methyl sites for hydroxylation is 1. The number of hydrogen-bond donors (Lipinski definition) is 1. The van der Waals surface area contributed by atoms with Crippen molar-refractivity contribution in [2.75, 3.05) is 0 Å². The van der Waals surface area contributed by atoms with E-state index in [1.54, 1.807) is 0 Å². The summed E-state index contributed by atoms with van der Waals surface area (Å²) in [5.41, 5.74) is 1.70. The van der Waals surface area contributed by atoms with Crippen molar-refractivity contribution >= 4 is 0 Å². The Labute approximate surface area is 128 Å². The molecule has 0 amide bonds. The maximum atomic E-state index is 4.75. The summed E-state index contributed by atoms with van der Waals surface area (Å²) in [6.07, 6.45) is 11.9. The zero-order valence-corrected chi connectivity index (χ0v) is 13.8. The normalized spacial score (nSPS) is 44.4. The van der Waals surface area contributed by atoms with E-state index in [-0.39, 0.29) is 0 Å². The van der Waals surface area contributed by atoms with Gasteiger partial charge in [-0.25, -0.2) is 4.98 Å². The zero-order chi connectivity index (χ0) is 14.7. The molecule has 4 bridgehead atoms. The van der Waals surface area contributed by atoms with Crippen LogP contribution in [0.5, 0.6) is 0 Å². The first-order valence-corrected chi connectivity index (χ1v) is 8.82. The van der Waals surface area contributed by atoms with Crippen molar-refractivity contribution in [3.05, 3.63) is 11.6 Å². The van der Waals surface area contributed by atoms with Gasteiger partial charge in [0.2, 0.25) is 0 Å². The standard InChI is InChI=1S/C18H29N3/c1-4-5-14-19-15(21-20-14)9-18-8-13-6-16(2,11-18)10-17(3,7-13)12-18/h13H,4-12H2,1-3H3,(H,19,20,21). The van der Waals surface area contributed by atoms with Crippen LogP contribution in [-0.4, -0.2) is 15.2 Å². The van der Waals surface area contributed by atoms with E-state index in [1.807, 2.05) is 0 Å². The fourth-order valence-corrected chi connectivity index (χ4v) is 6.99. The third-order valence-electron chi connectivity index (χ3n) is 6.34. The Balaban J connectivity index is 1.59. The van der Waals surface area contributed by atoms with Crippen LogP contribution in [0.3, 0.4) is 0 Å². The van der Waals surface area contributed by atoms with Crippen LogP contribution in [0, 0.1) is 22.2 Å². The molecule has 0 spiro atoms. The van der Waals surface area contributed by atoms with E-state index in [1.165, 1.54) is 38.5 Å². The predicted octanol–water partition coefficient (Wildman–Crippen LogP) is 4.30. The molecule has 3 heteroatoms. The first-order valence-electron chi connectivity index (χ1n) is 8.82. The first kappa shape index (κ1) is 13.8. The molecule has 4 fully saturated rings. The molecular formula is C18H29N3. The molecule has 2 atom stereocenters. The van der Waals surface area contributed by atoms with Crippen molar-refractivity contribution in [2.24, 2.45) is 22.2 Å². The van der Waals surface area contributed by atoms with Gasteiger partial charge in [0.15, 0.2) is 5.82 Å². The Hall–Kier alpha value is -0.860. The molecule has 1 heterocycles. The van der Waals surface area contributed by atoms with Crippen molar-refractivity contribution in [2.45, 2.75) is 78.6 Å². The van der Waals surface area contributed by atoms with Crippen LogP contribution in [0.1, 0.15) is 77.4 Å². The van der Waals surface area contributed by atoms with Crippen molar-refractivity contribution in [1.82, 2.24) is 15.2 Å². The topological polar surface area (TPSA) is 41.6 Å². The van der Waals surface area contributed by atoms with Crippen molar-refractivity contribution in [1.29, 1.82) is 0 Å². The summed E-state index contributed by atoms with van der Waals surface area (Å²) < 4.78 is 0. The molecular weight excluding hydrogens is 258 g/mol. The van der Waals surface area contributed by atoms with Gasteiger partial charge in [0, 0.05) is 12.8 Å². The molecule has 0 radical (unpaired) electrons. The lowest BCUT2D eigenvalue weighted by molar-refractivity contribution is -0.144. The molecule has 0 saturated heterocycles. The van der Waals surface area contributed by atoms with Gasteiger partial charge >= 0.3 is 0 Å². The maximum absolute atomic E-state index is 4.75. The minimum atomic E-state index is 0.506. The Morgan fingerprint density at radius 2 is 1.81 bits per heavy atom. The van der Waals surface area contributed by atoms with E-state index >= 15 is 0 Å². The monoisotopic (exact) mass is 287 g/mol. The summed E-state index contributed by atoms with van der Waals surface area (Å²) in [5, 5.41) is 7.63. The van der Waals surface area contributed by atoms with Gasteiger partial charge in [0.1, 0.15) is 5.82 Å². The molecule has 4 aliphatic rings. The Morgan fingerprint density at radius 1 is 1.10 bits per heavy atom. The highest BCUT2D eigenvalue weighted by atomic mass is 15.2. The van der Waals surface area contributed by atoms with Gasteiger partial charge in [-0.3, -0.25) is 5.10 Å². The fraction of sp³-hybridized carbons (Fsp3) is 0.889. The molecule has 3 nitrogen and oxygen atoms in total. The van der Waals surface area contributed by atoms with E-state index in [9.17, 15) is 0 Å². The van der Waals surface area contributed by atoms with E-state index in [2.05, 4.69) is 31.0 Å². The van der Waals surface area contributed by atoms with E-state index in [4.69, 9.17) is 4.98 Å². The number of nitrogens with zero attached hydrogens (tertiary/aromatic N) is 2. The molecule has 116 valence electrons. The first-order chi connectivity index (χ1) is 9.92. The number of aromatic amines is 1. The lowest BCUT2D eigenvalue weighted by atomic mass is 9.40. The fourth-order valence-electron chi connectivity index (χ4n) is 6.99. The van der Waals surface area contributed by atoms with Crippen LogP contribution in [0.15, 0.2) is 0 Å². The van der Waals surface area contributed by atoms with Crippen LogP contribution in [0.4, 0.5) is 0 Å². The Kier molecular flexibility index (Phi) is 2.84. The predicted molar refractivity (Wildman–Crippen MR) is 83.9 cm³/mol. The smallest absolute Gasteiger partial charge is 0.150 e. The van der Waals surface area contributed by atoms with E-state index in [0.29, 0.717) is 16.2 Å². The van der Waals surface area contributed by atoms with Gasteiger partial charge in [0.25, 0.3) is 0 Å². The number of rotatable bonds is 4. The molecule has 0 aromatic carbocycles. The number of H-pyrrole nitrogens is 1. The molecule has 1 aromatic rings. The van der Waals surface area contributed by atoms with Gasteiger partial charge in [-0.05, 0) is 67.1 Å². The number of nitrogens with one attached hydrogen (secondary N) is 1. The van der Waals surface area contributed by atoms with Gasteiger partial charge in [-0.1, -0.05) is 20.8 Å². The molecule has 1 aromatic heterocycles. The average Bonchev–Trinajstić information content (AvgIpc) is 2.71. The highest BCUT2D eigenvalue weighted by Crippen LogP contribution is 2.70. The molecule has 21 heavy (non-hydrogen) atoms. The summed E-state index contributed by atoms with van der Waals surface area (Å²) in [4.78, 5) is 4.75. The second kappa shape index (κ2) is 4.33. The third kappa shape index (κ3) is 2.33. The van der Waals surface area contributed by atoms with Crippen LogP contribution in [-0.2, 0) is 12.8 Å². The molecule has 5 rings (SSSR count). The van der Waals surface area contributed by atoms with Crippen molar-refractivity contribution < 1.29 is 0 Å². The van der Waals surface area contributed by atoms with Gasteiger partial charge < -0.3 is 0 Å². The summed E-state index contributed by atoms with van der Waals surface area (Å²) in [7, 11) is 0. The van der Waals surface area contributed by atoms with Crippen LogP contribution < -0.4 is 0 Å². The van der Waals surface area contributed by atoms with E-state index in [0.717, 1.165) is 36.8 Å². The second-order valence-electron chi connectivity index (χ2n) is 9.26. The quantitative estimate of drug-likeness (QED) is 0.897. The van der Waals surface area contributed by atoms with Crippen LogP contribution >= 0.6 is 0 Å². The van der Waals surface area contributed by atoms with Gasteiger partial charge in [-0.15, -0.1) is 0 Å². The van der Waals surface area contributed by atoms with Crippen molar-refractivity contribution in [3.63, 3.8) is 0 Å². The largest absolute Gasteiger partial charge is 0.263 e. The van der Waals surface area contributed by atoms with Crippen molar-refractivity contribution in [3.8, 4) is 0 Å². The van der Waals surface area contributed by atoms with Crippen LogP contribution in [0.25, 0.3) is 0 Å².